The van der Waals surface area contributed by atoms with Crippen LogP contribution in [0.5, 0.6) is 0 Å². The lowest BCUT2D eigenvalue weighted by Gasteiger charge is -1.95. The van der Waals surface area contributed by atoms with E-state index in [2.05, 4.69) is 4.98 Å². The van der Waals surface area contributed by atoms with Gasteiger partial charge in [-0.2, -0.15) is 0 Å². The zero-order valence-electron chi connectivity index (χ0n) is 9.22. The average Bonchev–Trinajstić information content (AvgIpc) is 2.60. The molecule has 0 amide bonds. The number of benzene rings is 1. The van der Waals surface area contributed by atoms with Crippen molar-refractivity contribution in [2.75, 3.05) is 0 Å². The van der Waals surface area contributed by atoms with E-state index < -0.39 is 5.97 Å². The van der Waals surface area contributed by atoms with Gasteiger partial charge in [0.05, 0.1) is 5.69 Å². The number of carbonyl (C=O) groups is 1. The quantitative estimate of drug-likeness (QED) is 0.910. The topological polar surface area (TPSA) is 55.1 Å². The van der Waals surface area contributed by atoms with Crippen molar-refractivity contribution in [3.63, 3.8) is 0 Å². The molecule has 0 unspecified atom stereocenters. The summed E-state index contributed by atoms with van der Waals surface area (Å²) in [5.41, 5.74) is 1.67. The maximum atomic E-state index is 10.6. The van der Waals surface area contributed by atoms with Crippen LogP contribution >= 0.6 is 11.6 Å². The second kappa shape index (κ2) is 4.59. The third-order valence-corrected chi connectivity index (χ3v) is 2.67. The van der Waals surface area contributed by atoms with Gasteiger partial charge in [-0.1, -0.05) is 23.7 Å². The summed E-state index contributed by atoms with van der Waals surface area (Å²) in [6.07, 6.45) is 1.73. The van der Waals surface area contributed by atoms with Crippen LogP contribution in [0.15, 0.2) is 30.5 Å². The number of hydrogen-bond acceptors (Lipinski definition) is 2. The molecule has 1 N–H and O–H groups in total. The first kappa shape index (κ1) is 11.7. The Hall–Kier alpha value is -1.81. The van der Waals surface area contributed by atoms with E-state index in [0.29, 0.717) is 10.8 Å². The van der Waals surface area contributed by atoms with Gasteiger partial charge in [0.2, 0.25) is 0 Å². The van der Waals surface area contributed by atoms with Crippen LogP contribution in [0.2, 0.25) is 5.02 Å². The van der Waals surface area contributed by atoms with Crippen molar-refractivity contribution in [2.24, 2.45) is 7.05 Å². The summed E-state index contributed by atoms with van der Waals surface area (Å²) in [6, 6.07) is 7.27. The number of imidazole rings is 1. The fourth-order valence-electron chi connectivity index (χ4n) is 1.56. The van der Waals surface area contributed by atoms with E-state index in [0.717, 1.165) is 11.3 Å². The molecular weight excluding hydrogens is 240 g/mol. The highest BCUT2D eigenvalue weighted by Crippen LogP contribution is 2.20. The van der Waals surface area contributed by atoms with E-state index >= 15 is 0 Å². The lowest BCUT2D eigenvalue weighted by molar-refractivity contribution is -0.136. The highest BCUT2D eigenvalue weighted by atomic mass is 35.5. The number of halogens is 1. The molecule has 2 rings (SSSR count). The fourth-order valence-corrected chi connectivity index (χ4v) is 1.69. The molecule has 0 spiro atoms. The monoisotopic (exact) mass is 250 g/mol. The van der Waals surface area contributed by atoms with Gasteiger partial charge >= 0.3 is 5.97 Å². The Morgan fingerprint density at radius 1 is 1.41 bits per heavy atom. The lowest BCUT2D eigenvalue weighted by atomic mass is 10.2. The van der Waals surface area contributed by atoms with Crippen LogP contribution in [0.1, 0.15) is 5.82 Å². The highest BCUT2D eigenvalue weighted by molar-refractivity contribution is 6.30. The van der Waals surface area contributed by atoms with Crippen LogP contribution in [0.3, 0.4) is 0 Å². The summed E-state index contributed by atoms with van der Waals surface area (Å²) >= 11 is 5.80. The summed E-state index contributed by atoms with van der Waals surface area (Å²) in [4.78, 5) is 14.9. The molecule has 0 aliphatic heterocycles. The Morgan fingerprint density at radius 3 is 2.65 bits per heavy atom. The van der Waals surface area contributed by atoms with Gasteiger partial charge < -0.3 is 9.67 Å². The van der Waals surface area contributed by atoms with Crippen molar-refractivity contribution in [3.8, 4) is 11.3 Å². The first-order valence-corrected chi connectivity index (χ1v) is 5.44. The van der Waals surface area contributed by atoms with E-state index in [-0.39, 0.29) is 6.42 Å². The summed E-state index contributed by atoms with van der Waals surface area (Å²) in [5, 5.41) is 9.40. The maximum absolute atomic E-state index is 10.6. The second-order valence-electron chi connectivity index (χ2n) is 3.73. The molecule has 0 fully saturated rings. The molecule has 4 nitrogen and oxygen atoms in total. The molecule has 17 heavy (non-hydrogen) atoms. The fraction of sp³-hybridized carbons (Fsp3) is 0.167. The third kappa shape index (κ3) is 2.65. The van der Waals surface area contributed by atoms with Crippen LogP contribution in [0.4, 0.5) is 0 Å². The summed E-state index contributed by atoms with van der Waals surface area (Å²) in [6.45, 7) is 0. The molecule has 0 bridgehead atoms. The third-order valence-electron chi connectivity index (χ3n) is 2.42. The zero-order chi connectivity index (χ0) is 12.4. The molecule has 88 valence electrons. The number of aromatic nitrogens is 2. The van der Waals surface area contributed by atoms with Gasteiger partial charge in [-0.05, 0) is 12.1 Å². The first-order valence-electron chi connectivity index (χ1n) is 5.06. The predicted octanol–water partition coefficient (Wildman–Crippen LogP) is 2.37. The maximum Gasteiger partial charge on any atom is 0.311 e. The molecular formula is C12H11ClN2O2. The van der Waals surface area contributed by atoms with Gasteiger partial charge in [0, 0.05) is 23.8 Å². The highest BCUT2D eigenvalue weighted by Gasteiger charge is 2.10. The van der Waals surface area contributed by atoms with Crippen molar-refractivity contribution in [2.45, 2.75) is 6.42 Å². The molecule has 0 saturated heterocycles. The average molecular weight is 251 g/mol. The zero-order valence-corrected chi connectivity index (χ0v) is 9.98. The largest absolute Gasteiger partial charge is 0.481 e. The predicted molar refractivity (Wildman–Crippen MR) is 65.0 cm³/mol. The number of hydrogen-bond donors (Lipinski definition) is 1. The molecule has 5 heteroatoms. The van der Waals surface area contributed by atoms with E-state index in [1.54, 1.807) is 23.7 Å². The number of aliphatic carboxylic acids is 1. The van der Waals surface area contributed by atoms with Gasteiger partial charge in [-0.25, -0.2) is 4.98 Å². The molecule has 0 radical (unpaired) electrons. The molecule has 1 aromatic heterocycles. The van der Waals surface area contributed by atoms with Crippen molar-refractivity contribution < 1.29 is 9.90 Å². The minimum atomic E-state index is -0.888. The van der Waals surface area contributed by atoms with Crippen LogP contribution in [-0.2, 0) is 18.3 Å². The normalized spacial score (nSPS) is 10.5. The van der Waals surface area contributed by atoms with Crippen molar-refractivity contribution in [3.05, 3.63) is 41.3 Å². The van der Waals surface area contributed by atoms with Crippen LogP contribution in [0, 0.1) is 0 Å². The Kier molecular flexibility index (Phi) is 3.15. The first-order chi connectivity index (χ1) is 8.06. The van der Waals surface area contributed by atoms with Gasteiger partial charge in [-0.15, -0.1) is 0 Å². The SMILES string of the molecule is Cn1cc(-c2ccc(Cl)cc2)nc1CC(=O)O. The van der Waals surface area contributed by atoms with E-state index in [9.17, 15) is 4.79 Å². The molecule has 0 aliphatic carbocycles. The summed E-state index contributed by atoms with van der Waals surface area (Å²) in [7, 11) is 1.78. The summed E-state index contributed by atoms with van der Waals surface area (Å²) < 4.78 is 1.72. The molecule has 2 aromatic rings. The molecule has 1 heterocycles. The minimum absolute atomic E-state index is 0.0793. The van der Waals surface area contributed by atoms with Crippen molar-refractivity contribution in [1.29, 1.82) is 0 Å². The standard InChI is InChI=1S/C12H11ClN2O2/c1-15-7-10(14-11(15)6-12(16)17)8-2-4-9(13)5-3-8/h2-5,7H,6H2,1H3,(H,16,17). The number of carboxylic acids is 1. The van der Waals surface area contributed by atoms with Gasteiger partial charge in [-0.3, -0.25) is 4.79 Å². The van der Waals surface area contributed by atoms with Gasteiger partial charge in [0.25, 0.3) is 0 Å². The van der Waals surface area contributed by atoms with Crippen molar-refractivity contribution >= 4 is 17.6 Å². The van der Waals surface area contributed by atoms with Gasteiger partial charge in [0.1, 0.15) is 12.2 Å². The Labute approximate surface area is 103 Å². The number of aryl methyl sites for hydroxylation is 1. The number of carboxylic acid groups (broad SMARTS) is 1. The lowest BCUT2D eigenvalue weighted by Crippen LogP contribution is -2.05. The number of rotatable bonds is 3. The molecule has 0 atom stereocenters. The van der Waals surface area contributed by atoms with Crippen LogP contribution < -0.4 is 0 Å². The minimum Gasteiger partial charge on any atom is -0.481 e. The second-order valence-corrected chi connectivity index (χ2v) is 4.17. The summed E-state index contributed by atoms with van der Waals surface area (Å²) in [5.74, 6) is -0.358. The van der Waals surface area contributed by atoms with Crippen molar-refractivity contribution in [1.82, 2.24) is 9.55 Å². The Morgan fingerprint density at radius 2 is 2.06 bits per heavy atom. The van der Waals surface area contributed by atoms with Gasteiger partial charge in [0.15, 0.2) is 0 Å². The van der Waals surface area contributed by atoms with E-state index in [1.807, 2.05) is 18.3 Å². The smallest absolute Gasteiger partial charge is 0.311 e. The van der Waals surface area contributed by atoms with Crippen LogP contribution in [0.25, 0.3) is 11.3 Å². The molecule has 0 saturated carbocycles. The van der Waals surface area contributed by atoms with E-state index in [1.165, 1.54) is 0 Å². The Balaban J connectivity index is 2.34. The van der Waals surface area contributed by atoms with Crippen LogP contribution in [-0.4, -0.2) is 20.6 Å². The molecule has 1 aromatic carbocycles. The Bertz CT molecular complexity index is 546. The van der Waals surface area contributed by atoms with E-state index in [4.69, 9.17) is 16.7 Å². The molecule has 0 aliphatic rings. The number of nitrogens with zero attached hydrogens (tertiary/aromatic N) is 2.